The van der Waals surface area contributed by atoms with Crippen LogP contribution in [0.25, 0.3) is 6.08 Å². The lowest BCUT2D eigenvalue weighted by Gasteiger charge is -2.10. The summed E-state index contributed by atoms with van der Waals surface area (Å²) in [7, 11) is 0. The van der Waals surface area contributed by atoms with Gasteiger partial charge in [-0.05, 0) is 55.0 Å². The van der Waals surface area contributed by atoms with Gasteiger partial charge in [0, 0.05) is 15.1 Å². The van der Waals surface area contributed by atoms with Crippen LogP contribution in [0.3, 0.4) is 0 Å². The summed E-state index contributed by atoms with van der Waals surface area (Å²) in [6.45, 7) is 1.74. The fourth-order valence-corrected chi connectivity index (χ4v) is 3.58. The van der Waals surface area contributed by atoms with E-state index in [-0.39, 0.29) is 11.5 Å². The van der Waals surface area contributed by atoms with Crippen molar-refractivity contribution >= 4 is 45.4 Å². The Morgan fingerprint density at radius 1 is 1.10 bits per heavy atom. The maximum absolute atomic E-state index is 12.7. The van der Waals surface area contributed by atoms with Gasteiger partial charge >= 0.3 is 5.97 Å². The Balaban J connectivity index is 1.63. The zero-order valence-corrected chi connectivity index (χ0v) is 17.6. The molecule has 3 aromatic carbocycles. The second-order valence-electron chi connectivity index (χ2n) is 6.43. The van der Waals surface area contributed by atoms with Gasteiger partial charge < -0.3 is 9.47 Å². The van der Waals surface area contributed by atoms with E-state index in [1.165, 1.54) is 6.07 Å². The van der Waals surface area contributed by atoms with Crippen LogP contribution in [-0.2, 0) is 0 Å². The summed E-state index contributed by atoms with van der Waals surface area (Å²) in [4.78, 5) is 25.1. The highest BCUT2D eigenvalue weighted by Gasteiger charge is 2.30. The van der Waals surface area contributed by atoms with Crippen molar-refractivity contribution in [3.05, 3.63) is 98.2 Å². The van der Waals surface area contributed by atoms with Gasteiger partial charge in [-0.15, -0.1) is 0 Å². The molecule has 0 saturated heterocycles. The molecule has 0 amide bonds. The molecule has 6 heteroatoms. The molecule has 3 aromatic rings. The zero-order chi connectivity index (χ0) is 20.5. The topological polar surface area (TPSA) is 52.6 Å². The molecule has 0 radical (unpaired) electrons. The normalized spacial score (nSPS) is 13.9. The first-order valence-electron chi connectivity index (χ1n) is 8.74. The van der Waals surface area contributed by atoms with Gasteiger partial charge in [0.2, 0.25) is 5.78 Å². The molecule has 1 aliphatic heterocycles. The Labute approximate surface area is 180 Å². The van der Waals surface area contributed by atoms with Crippen molar-refractivity contribution < 1.29 is 19.1 Å². The minimum absolute atomic E-state index is 0.216. The molecule has 0 fully saturated rings. The Bertz CT molecular complexity index is 1180. The Kier molecular flexibility index (Phi) is 5.26. The molecule has 0 unspecified atom stereocenters. The van der Waals surface area contributed by atoms with Crippen LogP contribution in [0.4, 0.5) is 0 Å². The number of hydrogen-bond donors (Lipinski definition) is 0. The smallest absolute Gasteiger partial charge is 0.343 e. The van der Waals surface area contributed by atoms with Gasteiger partial charge in [-0.2, -0.15) is 0 Å². The molecule has 0 aromatic heterocycles. The lowest BCUT2D eigenvalue weighted by Crippen LogP contribution is -2.09. The molecule has 144 valence electrons. The fraction of sp³-hybridized carbons (Fsp3) is 0.0435. The maximum Gasteiger partial charge on any atom is 0.343 e. The molecular weight excluding hydrogens is 456 g/mol. The SMILES string of the molecule is Cc1c(OC(=O)c2cccc(Cl)c2)ccc2c1O/C(=C\c1ccccc1Br)C2=O. The van der Waals surface area contributed by atoms with Gasteiger partial charge in [0.1, 0.15) is 11.5 Å². The number of allylic oxidation sites excluding steroid dienone is 1. The molecule has 0 N–H and O–H groups in total. The molecule has 29 heavy (non-hydrogen) atoms. The summed E-state index contributed by atoms with van der Waals surface area (Å²) < 4.78 is 12.2. The third-order valence-corrected chi connectivity index (χ3v) is 5.45. The Morgan fingerprint density at radius 2 is 1.90 bits per heavy atom. The second kappa shape index (κ2) is 7.85. The number of ketones is 1. The van der Waals surface area contributed by atoms with Crippen LogP contribution in [-0.4, -0.2) is 11.8 Å². The third-order valence-electron chi connectivity index (χ3n) is 4.49. The van der Waals surface area contributed by atoms with Crippen LogP contribution in [0.5, 0.6) is 11.5 Å². The third kappa shape index (κ3) is 3.84. The molecule has 4 nitrogen and oxygen atoms in total. The number of rotatable bonds is 3. The second-order valence-corrected chi connectivity index (χ2v) is 7.72. The summed E-state index contributed by atoms with van der Waals surface area (Å²) in [6, 6.07) is 17.2. The molecule has 0 atom stereocenters. The lowest BCUT2D eigenvalue weighted by molar-refractivity contribution is 0.0733. The first-order chi connectivity index (χ1) is 13.9. The summed E-state index contributed by atoms with van der Waals surface area (Å²) in [5.41, 5.74) is 2.17. The van der Waals surface area contributed by atoms with E-state index in [2.05, 4.69) is 15.9 Å². The monoisotopic (exact) mass is 468 g/mol. The highest BCUT2D eigenvalue weighted by atomic mass is 79.9. The van der Waals surface area contributed by atoms with E-state index in [9.17, 15) is 9.59 Å². The molecule has 0 bridgehead atoms. The Morgan fingerprint density at radius 3 is 2.66 bits per heavy atom. The number of esters is 1. The van der Waals surface area contributed by atoms with Gasteiger partial charge in [0.25, 0.3) is 0 Å². The maximum atomic E-state index is 12.7. The summed E-state index contributed by atoms with van der Waals surface area (Å²) in [6.07, 6.45) is 1.68. The first-order valence-corrected chi connectivity index (χ1v) is 9.91. The predicted octanol–water partition coefficient (Wildman–Crippen LogP) is 6.25. The molecule has 0 spiro atoms. The largest absolute Gasteiger partial charge is 0.452 e. The minimum atomic E-state index is -0.538. The van der Waals surface area contributed by atoms with Crippen LogP contribution in [0.1, 0.15) is 31.8 Å². The van der Waals surface area contributed by atoms with Crippen LogP contribution >= 0.6 is 27.5 Å². The first kappa shape index (κ1) is 19.4. The highest BCUT2D eigenvalue weighted by molar-refractivity contribution is 9.10. The van der Waals surface area contributed by atoms with Crippen molar-refractivity contribution in [2.45, 2.75) is 6.92 Å². The van der Waals surface area contributed by atoms with Crippen molar-refractivity contribution in [1.82, 2.24) is 0 Å². The molecule has 0 saturated carbocycles. The van der Waals surface area contributed by atoms with E-state index in [1.54, 1.807) is 43.3 Å². The van der Waals surface area contributed by atoms with E-state index in [4.69, 9.17) is 21.1 Å². The molecule has 1 aliphatic rings. The summed E-state index contributed by atoms with van der Waals surface area (Å²) in [5, 5.41) is 0.445. The summed E-state index contributed by atoms with van der Waals surface area (Å²) >= 11 is 9.40. The number of Topliss-reactive ketones (excluding diaryl/α,β-unsaturated/α-hetero) is 1. The Hall–Kier alpha value is -2.89. The number of fused-ring (bicyclic) bond motifs is 1. The van der Waals surface area contributed by atoms with Crippen LogP contribution < -0.4 is 9.47 Å². The van der Waals surface area contributed by atoms with Crippen molar-refractivity contribution in [2.75, 3.05) is 0 Å². The van der Waals surface area contributed by atoms with Gasteiger partial charge in [-0.25, -0.2) is 4.79 Å². The predicted molar refractivity (Wildman–Crippen MR) is 115 cm³/mol. The van der Waals surface area contributed by atoms with Gasteiger partial charge in [-0.1, -0.05) is 51.8 Å². The minimum Gasteiger partial charge on any atom is -0.452 e. The standard InChI is InChI=1S/C23H14BrClO4/c1-13-19(29-23(27)15-6-4-7-16(25)11-15)10-9-17-21(26)20(28-22(13)17)12-14-5-2-3-8-18(14)24/h2-12H,1H3/b20-12-. The van der Waals surface area contributed by atoms with Crippen molar-refractivity contribution in [3.8, 4) is 11.5 Å². The van der Waals surface area contributed by atoms with Crippen LogP contribution in [0.2, 0.25) is 5.02 Å². The lowest BCUT2D eigenvalue weighted by atomic mass is 10.1. The van der Waals surface area contributed by atoms with Gasteiger partial charge in [-0.3, -0.25) is 4.79 Å². The number of carbonyl (C=O) groups is 2. The van der Waals surface area contributed by atoms with Crippen molar-refractivity contribution in [1.29, 1.82) is 0 Å². The van der Waals surface area contributed by atoms with E-state index >= 15 is 0 Å². The van der Waals surface area contributed by atoms with E-state index in [1.807, 2.05) is 24.3 Å². The van der Waals surface area contributed by atoms with Crippen LogP contribution in [0, 0.1) is 6.92 Å². The van der Waals surface area contributed by atoms with Gasteiger partial charge in [0.05, 0.1) is 11.1 Å². The van der Waals surface area contributed by atoms with Crippen LogP contribution in [0.15, 0.2) is 70.9 Å². The van der Waals surface area contributed by atoms with E-state index in [0.29, 0.717) is 33.2 Å². The molecular formula is C23H14BrClO4. The number of benzene rings is 3. The zero-order valence-electron chi connectivity index (χ0n) is 15.2. The average molecular weight is 470 g/mol. The molecule has 1 heterocycles. The van der Waals surface area contributed by atoms with Gasteiger partial charge in [0.15, 0.2) is 5.76 Å². The van der Waals surface area contributed by atoms with E-state index < -0.39 is 5.97 Å². The number of carbonyl (C=O) groups excluding carboxylic acids is 2. The van der Waals surface area contributed by atoms with E-state index in [0.717, 1.165) is 10.0 Å². The highest BCUT2D eigenvalue weighted by Crippen LogP contribution is 2.39. The van der Waals surface area contributed by atoms with Crippen molar-refractivity contribution in [2.24, 2.45) is 0 Å². The summed E-state index contributed by atoms with van der Waals surface area (Å²) in [5.74, 6) is 0.178. The number of ether oxygens (including phenoxy) is 2. The van der Waals surface area contributed by atoms with Crippen molar-refractivity contribution in [3.63, 3.8) is 0 Å². The molecule has 0 aliphatic carbocycles. The average Bonchev–Trinajstić information content (AvgIpc) is 3.02. The number of halogens is 2. The quantitative estimate of drug-likeness (QED) is 0.259. The fourth-order valence-electron chi connectivity index (χ4n) is 2.99. The molecule has 4 rings (SSSR count). The number of hydrogen-bond acceptors (Lipinski definition) is 4.